The van der Waals surface area contributed by atoms with E-state index in [4.69, 9.17) is 5.11 Å². The Morgan fingerprint density at radius 2 is 1.64 bits per heavy atom. The third kappa shape index (κ3) is 3.80. The van der Waals surface area contributed by atoms with Crippen LogP contribution in [-0.2, 0) is 10.2 Å². The molecule has 0 spiro atoms. The summed E-state index contributed by atoms with van der Waals surface area (Å²) in [4.78, 5) is 26.8. The summed E-state index contributed by atoms with van der Waals surface area (Å²) in [6.45, 7) is 2.99. The van der Waals surface area contributed by atoms with Crippen LogP contribution in [0.4, 0.5) is 0 Å². The number of carbonyl (C=O) groups is 2. The second kappa shape index (κ2) is 7.76. The molecule has 2 aromatic rings. The van der Waals surface area contributed by atoms with Crippen LogP contribution in [0.1, 0.15) is 53.2 Å². The maximum absolute atomic E-state index is 13.3. The number of amides is 1. The molecule has 0 radical (unpaired) electrons. The summed E-state index contributed by atoms with van der Waals surface area (Å²) >= 11 is 0. The zero-order valence-corrected chi connectivity index (χ0v) is 15.9. The molecule has 0 bridgehead atoms. The van der Waals surface area contributed by atoms with E-state index in [-0.39, 0.29) is 17.5 Å². The number of aromatic carboxylic acids is 1. The number of hydrogen-bond acceptors (Lipinski definition) is 3. The fourth-order valence-electron chi connectivity index (χ4n) is 4.14. The first kappa shape index (κ1) is 18.7. The van der Waals surface area contributed by atoms with Gasteiger partial charge < -0.3 is 15.3 Å². The summed E-state index contributed by atoms with van der Waals surface area (Å²) in [6, 6.07) is 16.9. The first-order valence-corrected chi connectivity index (χ1v) is 10.0. The van der Waals surface area contributed by atoms with Crippen LogP contribution in [0.25, 0.3) is 0 Å². The van der Waals surface area contributed by atoms with Gasteiger partial charge >= 0.3 is 5.97 Å². The fourth-order valence-corrected chi connectivity index (χ4v) is 4.14. The standard InChI is InChI=1S/C23H26N2O3/c26-21(27)18-8-10-19(11-9-18)23(12-13-23)22(28)24-20(16-25-14-4-5-15-25)17-6-2-1-3-7-17/h1-3,6-11,20H,4-5,12-16H2,(H,24,28)(H,26,27). The average Bonchev–Trinajstić information content (AvgIpc) is 3.38. The van der Waals surface area contributed by atoms with E-state index in [0.717, 1.165) is 43.6 Å². The normalized spacial score (nSPS) is 19.1. The van der Waals surface area contributed by atoms with Gasteiger partial charge in [0.2, 0.25) is 5.91 Å². The minimum Gasteiger partial charge on any atom is -0.478 e. The Balaban J connectivity index is 1.52. The first-order chi connectivity index (χ1) is 13.6. The maximum Gasteiger partial charge on any atom is 0.335 e. The molecule has 1 saturated carbocycles. The van der Waals surface area contributed by atoms with Gasteiger partial charge in [-0.3, -0.25) is 4.79 Å². The lowest BCUT2D eigenvalue weighted by molar-refractivity contribution is -0.124. The Morgan fingerprint density at radius 3 is 2.21 bits per heavy atom. The quantitative estimate of drug-likeness (QED) is 0.775. The average molecular weight is 378 g/mol. The Bertz CT molecular complexity index is 838. The van der Waals surface area contributed by atoms with Crippen molar-refractivity contribution in [1.29, 1.82) is 0 Å². The van der Waals surface area contributed by atoms with E-state index in [0.29, 0.717) is 0 Å². The van der Waals surface area contributed by atoms with E-state index in [1.807, 2.05) is 18.2 Å². The number of likely N-dealkylation sites (tertiary alicyclic amines) is 1. The molecule has 5 heteroatoms. The van der Waals surface area contributed by atoms with E-state index in [9.17, 15) is 9.59 Å². The highest BCUT2D eigenvalue weighted by Gasteiger charge is 2.51. The van der Waals surface area contributed by atoms with Crippen molar-refractivity contribution >= 4 is 11.9 Å². The molecule has 2 fully saturated rings. The minimum absolute atomic E-state index is 0.0393. The molecule has 28 heavy (non-hydrogen) atoms. The Morgan fingerprint density at radius 1 is 1.00 bits per heavy atom. The summed E-state index contributed by atoms with van der Waals surface area (Å²) < 4.78 is 0. The summed E-state index contributed by atoms with van der Waals surface area (Å²) in [6.07, 6.45) is 4.04. The zero-order valence-electron chi connectivity index (χ0n) is 15.9. The highest BCUT2D eigenvalue weighted by Crippen LogP contribution is 2.48. The molecule has 2 N–H and O–H groups in total. The topological polar surface area (TPSA) is 69.6 Å². The lowest BCUT2D eigenvalue weighted by atomic mass is 9.93. The molecule has 1 heterocycles. The summed E-state index contributed by atoms with van der Waals surface area (Å²) in [5.41, 5.74) is 1.76. The van der Waals surface area contributed by atoms with Gasteiger partial charge in [0.25, 0.3) is 0 Å². The fraction of sp³-hybridized carbons (Fsp3) is 0.391. The number of carboxylic acids is 1. The molecule has 1 unspecified atom stereocenters. The van der Waals surface area contributed by atoms with Crippen LogP contribution >= 0.6 is 0 Å². The maximum atomic E-state index is 13.3. The van der Waals surface area contributed by atoms with Gasteiger partial charge in [-0.2, -0.15) is 0 Å². The summed E-state index contributed by atoms with van der Waals surface area (Å²) in [7, 11) is 0. The van der Waals surface area contributed by atoms with Gasteiger partial charge in [-0.05, 0) is 62.0 Å². The highest BCUT2D eigenvalue weighted by molar-refractivity contribution is 5.92. The molecule has 4 rings (SSSR count). The number of benzene rings is 2. The monoisotopic (exact) mass is 378 g/mol. The largest absolute Gasteiger partial charge is 0.478 e. The number of nitrogens with one attached hydrogen (secondary N) is 1. The molecular formula is C23H26N2O3. The van der Waals surface area contributed by atoms with Crippen LogP contribution < -0.4 is 5.32 Å². The van der Waals surface area contributed by atoms with E-state index < -0.39 is 11.4 Å². The molecular weight excluding hydrogens is 352 g/mol. The number of hydrogen-bond donors (Lipinski definition) is 2. The molecule has 2 aromatic carbocycles. The molecule has 1 atom stereocenters. The number of carboxylic acid groups (broad SMARTS) is 1. The van der Waals surface area contributed by atoms with Crippen molar-refractivity contribution in [2.24, 2.45) is 0 Å². The van der Waals surface area contributed by atoms with Gasteiger partial charge in [-0.1, -0.05) is 42.5 Å². The second-order valence-electron chi connectivity index (χ2n) is 7.91. The van der Waals surface area contributed by atoms with Gasteiger partial charge in [0.15, 0.2) is 0 Å². The van der Waals surface area contributed by atoms with Gasteiger partial charge in [-0.15, -0.1) is 0 Å². The van der Waals surface area contributed by atoms with Crippen molar-refractivity contribution in [2.75, 3.05) is 19.6 Å². The van der Waals surface area contributed by atoms with Gasteiger partial charge in [0, 0.05) is 6.54 Å². The van der Waals surface area contributed by atoms with Crippen LogP contribution in [0.3, 0.4) is 0 Å². The second-order valence-corrected chi connectivity index (χ2v) is 7.91. The molecule has 1 saturated heterocycles. The third-order valence-electron chi connectivity index (χ3n) is 6.02. The minimum atomic E-state index is -0.949. The van der Waals surface area contributed by atoms with Gasteiger partial charge in [0.05, 0.1) is 17.0 Å². The molecule has 1 amide bonds. The highest BCUT2D eigenvalue weighted by atomic mass is 16.4. The molecule has 146 valence electrons. The number of rotatable bonds is 7. The Labute approximate surface area is 165 Å². The van der Waals surface area contributed by atoms with Crippen molar-refractivity contribution in [2.45, 2.75) is 37.1 Å². The van der Waals surface area contributed by atoms with Crippen LogP contribution in [-0.4, -0.2) is 41.5 Å². The third-order valence-corrected chi connectivity index (χ3v) is 6.02. The van der Waals surface area contributed by atoms with Crippen molar-refractivity contribution < 1.29 is 14.7 Å². The lowest BCUT2D eigenvalue weighted by Crippen LogP contribution is -2.41. The lowest BCUT2D eigenvalue weighted by Gasteiger charge is -2.27. The van der Waals surface area contributed by atoms with Crippen molar-refractivity contribution in [3.63, 3.8) is 0 Å². The van der Waals surface area contributed by atoms with Crippen molar-refractivity contribution in [3.8, 4) is 0 Å². The summed E-state index contributed by atoms with van der Waals surface area (Å²) in [5.74, 6) is -0.903. The SMILES string of the molecule is O=C(O)c1ccc(C2(C(=O)NC(CN3CCCC3)c3ccccc3)CC2)cc1. The molecule has 1 aliphatic heterocycles. The van der Waals surface area contributed by atoms with Crippen LogP contribution in [0.5, 0.6) is 0 Å². The van der Waals surface area contributed by atoms with Crippen molar-refractivity contribution in [1.82, 2.24) is 10.2 Å². The molecule has 2 aliphatic rings. The predicted molar refractivity (Wildman–Crippen MR) is 107 cm³/mol. The van der Waals surface area contributed by atoms with E-state index in [1.165, 1.54) is 12.8 Å². The Kier molecular flexibility index (Phi) is 5.18. The zero-order chi connectivity index (χ0) is 19.6. The van der Waals surface area contributed by atoms with Gasteiger partial charge in [0.1, 0.15) is 0 Å². The molecule has 5 nitrogen and oxygen atoms in total. The number of nitrogens with zero attached hydrogens (tertiary/aromatic N) is 1. The molecule has 1 aliphatic carbocycles. The predicted octanol–water partition coefficient (Wildman–Crippen LogP) is 3.37. The van der Waals surface area contributed by atoms with Gasteiger partial charge in [-0.25, -0.2) is 4.79 Å². The van der Waals surface area contributed by atoms with Crippen LogP contribution in [0.2, 0.25) is 0 Å². The van der Waals surface area contributed by atoms with Crippen molar-refractivity contribution in [3.05, 3.63) is 71.3 Å². The van der Waals surface area contributed by atoms with E-state index in [1.54, 1.807) is 24.3 Å². The smallest absolute Gasteiger partial charge is 0.335 e. The van der Waals surface area contributed by atoms with Crippen LogP contribution in [0, 0.1) is 0 Å². The Hall–Kier alpha value is -2.66. The van der Waals surface area contributed by atoms with E-state index in [2.05, 4.69) is 22.3 Å². The number of carbonyl (C=O) groups excluding carboxylic acids is 1. The first-order valence-electron chi connectivity index (χ1n) is 10.0. The van der Waals surface area contributed by atoms with E-state index >= 15 is 0 Å². The van der Waals surface area contributed by atoms with Crippen LogP contribution in [0.15, 0.2) is 54.6 Å². The summed E-state index contributed by atoms with van der Waals surface area (Å²) in [5, 5.41) is 12.4. The molecule has 0 aromatic heterocycles.